The molecular weight excluding hydrogens is 260 g/mol. The zero-order valence-electron chi connectivity index (χ0n) is 12.4. The van der Waals surface area contributed by atoms with Crippen LogP contribution in [0.15, 0.2) is 0 Å². The third-order valence-corrected chi connectivity index (χ3v) is 6.09. The van der Waals surface area contributed by atoms with Crippen LogP contribution in [0.3, 0.4) is 0 Å². The predicted molar refractivity (Wildman–Crippen MR) is 69.3 cm³/mol. The van der Waals surface area contributed by atoms with Crippen molar-refractivity contribution in [2.24, 2.45) is 23.7 Å². The van der Waals surface area contributed by atoms with Gasteiger partial charge in [0.1, 0.15) is 0 Å². The van der Waals surface area contributed by atoms with Crippen LogP contribution in [0.2, 0.25) is 0 Å². The number of aliphatic hydroxyl groups excluding tert-OH is 1. The van der Waals surface area contributed by atoms with E-state index >= 15 is 0 Å². The second-order valence-corrected chi connectivity index (χ2v) is 7.33. The molecule has 114 valence electrons. The first-order chi connectivity index (χ1) is 9.46. The molecule has 0 aromatic carbocycles. The van der Waals surface area contributed by atoms with Crippen molar-refractivity contribution in [3.05, 3.63) is 0 Å². The summed E-state index contributed by atoms with van der Waals surface area (Å²) in [6, 6.07) is 0. The van der Waals surface area contributed by atoms with Crippen molar-refractivity contribution in [1.29, 1.82) is 0 Å². The molecule has 1 N–H and O–H groups in total. The van der Waals surface area contributed by atoms with Gasteiger partial charge in [-0.1, -0.05) is 13.8 Å². The minimum Gasteiger partial charge on any atom is -0.393 e. The number of rotatable bonds is 0. The van der Waals surface area contributed by atoms with Crippen LogP contribution < -0.4 is 0 Å². The van der Waals surface area contributed by atoms with Crippen molar-refractivity contribution in [3.8, 4) is 0 Å². The Hall–Kier alpha value is -0.200. The zero-order valence-corrected chi connectivity index (χ0v) is 12.4. The maximum absolute atomic E-state index is 10.4. The molecule has 1 saturated carbocycles. The molecule has 0 aromatic rings. The van der Waals surface area contributed by atoms with E-state index in [1.165, 1.54) is 0 Å². The minimum atomic E-state index is -0.719. The lowest BCUT2D eigenvalue weighted by molar-refractivity contribution is -0.568. The third kappa shape index (κ3) is 1.56. The van der Waals surface area contributed by atoms with E-state index in [4.69, 9.17) is 19.2 Å². The summed E-state index contributed by atoms with van der Waals surface area (Å²) < 4.78 is 12.1. The van der Waals surface area contributed by atoms with Gasteiger partial charge < -0.3 is 14.6 Å². The highest BCUT2D eigenvalue weighted by Crippen LogP contribution is 2.59. The molecule has 5 aliphatic rings. The number of fused-ring (bicyclic) bond motifs is 2. The highest BCUT2D eigenvalue weighted by atomic mass is 17.3. The van der Waals surface area contributed by atoms with Gasteiger partial charge in [0.25, 0.3) is 0 Å². The molecule has 4 saturated heterocycles. The lowest BCUT2D eigenvalue weighted by Crippen LogP contribution is -2.70. The lowest BCUT2D eigenvalue weighted by Gasteiger charge is -2.59. The van der Waals surface area contributed by atoms with Crippen LogP contribution in [-0.2, 0) is 19.2 Å². The van der Waals surface area contributed by atoms with E-state index in [-0.39, 0.29) is 30.1 Å². The second-order valence-electron chi connectivity index (χ2n) is 7.33. The van der Waals surface area contributed by atoms with E-state index in [1.54, 1.807) is 0 Å². The van der Waals surface area contributed by atoms with Crippen LogP contribution >= 0.6 is 0 Å². The molecule has 0 amide bonds. The van der Waals surface area contributed by atoms with Gasteiger partial charge in [-0.25, -0.2) is 9.78 Å². The molecule has 5 rings (SSSR count). The lowest BCUT2D eigenvalue weighted by atomic mass is 9.57. The summed E-state index contributed by atoms with van der Waals surface area (Å²) >= 11 is 0. The topological polar surface area (TPSA) is 57.2 Å². The van der Waals surface area contributed by atoms with Crippen LogP contribution in [0.25, 0.3) is 0 Å². The standard InChI is InChI=1S/C15H24O5/c1-8-7-17-13-15-10(9(2)12(16)6-11(8)15)4-5-14(3,18-13)19-20-15/h8-13,16H,4-7H2,1-3H3/t8-,9-,10-,11-,12-,13+,14+,15+/m0/s1. The third-order valence-electron chi connectivity index (χ3n) is 6.09. The van der Waals surface area contributed by atoms with Crippen molar-refractivity contribution in [2.45, 2.75) is 63.8 Å². The summed E-state index contributed by atoms with van der Waals surface area (Å²) in [7, 11) is 0. The second kappa shape index (κ2) is 4.17. The van der Waals surface area contributed by atoms with Gasteiger partial charge in [0.05, 0.1) is 12.7 Å². The largest absolute Gasteiger partial charge is 0.393 e. The van der Waals surface area contributed by atoms with Crippen LogP contribution in [0.4, 0.5) is 0 Å². The summed E-state index contributed by atoms with van der Waals surface area (Å²) in [5.74, 6) is 0.234. The Labute approximate surface area is 119 Å². The van der Waals surface area contributed by atoms with Gasteiger partial charge in [0.2, 0.25) is 5.79 Å². The van der Waals surface area contributed by atoms with Gasteiger partial charge in [0, 0.05) is 18.3 Å². The molecule has 2 bridgehead atoms. The molecule has 4 aliphatic heterocycles. The highest BCUT2D eigenvalue weighted by molar-refractivity contribution is 5.10. The fraction of sp³-hybridized carbons (Fsp3) is 1.00. The van der Waals surface area contributed by atoms with Crippen LogP contribution in [0.5, 0.6) is 0 Å². The average molecular weight is 284 g/mol. The molecule has 1 aliphatic carbocycles. The van der Waals surface area contributed by atoms with Crippen LogP contribution in [-0.4, -0.2) is 35.5 Å². The number of aliphatic hydroxyl groups is 1. The predicted octanol–water partition coefficient (Wildman–Crippen LogP) is 1.84. The van der Waals surface area contributed by atoms with E-state index in [9.17, 15) is 5.11 Å². The van der Waals surface area contributed by atoms with Crippen LogP contribution in [0.1, 0.15) is 40.0 Å². The normalized spacial score (nSPS) is 61.8. The summed E-state index contributed by atoms with van der Waals surface area (Å²) in [6.07, 6.45) is 1.81. The summed E-state index contributed by atoms with van der Waals surface area (Å²) in [5, 5.41) is 10.4. The zero-order chi connectivity index (χ0) is 14.1. The molecule has 5 nitrogen and oxygen atoms in total. The van der Waals surface area contributed by atoms with E-state index in [0.717, 1.165) is 19.3 Å². The molecule has 0 unspecified atom stereocenters. The smallest absolute Gasteiger partial charge is 0.201 e. The van der Waals surface area contributed by atoms with Gasteiger partial charge in [-0.15, -0.1) is 0 Å². The number of hydrogen-bond donors (Lipinski definition) is 1. The first-order valence-corrected chi connectivity index (χ1v) is 7.80. The maximum atomic E-state index is 10.4. The molecule has 5 fully saturated rings. The Morgan fingerprint density at radius 3 is 2.75 bits per heavy atom. The van der Waals surface area contributed by atoms with Crippen molar-refractivity contribution >= 4 is 0 Å². The van der Waals surface area contributed by atoms with Gasteiger partial charge >= 0.3 is 0 Å². The first kappa shape index (κ1) is 13.5. The molecule has 8 atom stereocenters. The van der Waals surface area contributed by atoms with E-state index in [0.29, 0.717) is 12.5 Å². The first-order valence-electron chi connectivity index (χ1n) is 7.80. The highest BCUT2D eigenvalue weighted by Gasteiger charge is 2.69. The summed E-state index contributed by atoms with van der Waals surface area (Å²) in [4.78, 5) is 11.6. The Bertz CT molecular complexity index is 411. The fourth-order valence-corrected chi connectivity index (χ4v) is 4.83. The Balaban J connectivity index is 1.82. The maximum Gasteiger partial charge on any atom is 0.201 e. The van der Waals surface area contributed by atoms with Crippen molar-refractivity contribution in [3.63, 3.8) is 0 Å². The Morgan fingerprint density at radius 2 is 1.95 bits per heavy atom. The van der Waals surface area contributed by atoms with Gasteiger partial charge in [-0.3, -0.25) is 0 Å². The average Bonchev–Trinajstić information content (AvgIpc) is 2.64. The molecular formula is C15H24O5. The number of hydrogen-bond acceptors (Lipinski definition) is 5. The molecule has 1 spiro atoms. The molecule has 5 heteroatoms. The minimum absolute atomic E-state index is 0.176. The molecule has 20 heavy (non-hydrogen) atoms. The molecule has 0 radical (unpaired) electrons. The Morgan fingerprint density at radius 1 is 1.15 bits per heavy atom. The summed E-state index contributed by atoms with van der Waals surface area (Å²) in [5.41, 5.74) is -0.549. The van der Waals surface area contributed by atoms with Gasteiger partial charge in [-0.2, -0.15) is 0 Å². The van der Waals surface area contributed by atoms with E-state index in [2.05, 4.69) is 13.8 Å². The van der Waals surface area contributed by atoms with Crippen LogP contribution in [0, 0.1) is 23.7 Å². The van der Waals surface area contributed by atoms with Gasteiger partial charge in [0.15, 0.2) is 11.9 Å². The van der Waals surface area contributed by atoms with Gasteiger partial charge in [-0.05, 0) is 31.6 Å². The fourth-order valence-electron chi connectivity index (χ4n) is 4.83. The Kier molecular flexibility index (Phi) is 2.81. The number of ether oxygens (including phenoxy) is 2. The molecule has 4 heterocycles. The quantitative estimate of drug-likeness (QED) is 0.688. The monoisotopic (exact) mass is 284 g/mol. The summed E-state index contributed by atoms with van der Waals surface area (Å²) in [6.45, 7) is 6.84. The van der Waals surface area contributed by atoms with Crippen molar-refractivity contribution in [1.82, 2.24) is 0 Å². The SMILES string of the molecule is C[C@@H]1[C@@H](O)C[C@H]2[C@@H](C)CO[C@@H]3O[C@@]4(C)CC[C@@H]1[C@]32OO4. The van der Waals surface area contributed by atoms with E-state index < -0.39 is 11.4 Å². The van der Waals surface area contributed by atoms with Crippen molar-refractivity contribution in [2.75, 3.05) is 6.61 Å². The van der Waals surface area contributed by atoms with E-state index in [1.807, 2.05) is 6.92 Å². The van der Waals surface area contributed by atoms with Crippen molar-refractivity contribution < 1.29 is 24.4 Å². The molecule has 0 aromatic heterocycles.